The fourth-order valence-corrected chi connectivity index (χ4v) is 2.89. The van der Waals surface area contributed by atoms with Crippen LogP contribution in [0.15, 0.2) is 46.9 Å². The van der Waals surface area contributed by atoms with E-state index < -0.39 is 5.82 Å². The first kappa shape index (κ1) is 18.9. The van der Waals surface area contributed by atoms with E-state index in [0.717, 1.165) is 29.3 Å². The summed E-state index contributed by atoms with van der Waals surface area (Å²) in [5, 5.41) is 0. The minimum atomic E-state index is -0.414. The highest BCUT2D eigenvalue weighted by molar-refractivity contribution is 5.56. The third kappa shape index (κ3) is 4.46. The molecule has 3 aromatic rings. The molecule has 0 fully saturated rings. The van der Waals surface area contributed by atoms with E-state index in [-0.39, 0.29) is 5.75 Å². The lowest BCUT2D eigenvalue weighted by atomic mass is 10.2. The molecule has 5 nitrogen and oxygen atoms in total. The van der Waals surface area contributed by atoms with E-state index in [0.29, 0.717) is 18.0 Å². The average Bonchev–Trinajstić information content (AvgIpc) is 3.02. The number of methoxy groups -OCH3 is 2. The highest BCUT2D eigenvalue weighted by Crippen LogP contribution is 2.27. The van der Waals surface area contributed by atoms with Crippen LogP contribution >= 0.6 is 0 Å². The monoisotopic (exact) mass is 370 g/mol. The van der Waals surface area contributed by atoms with Crippen molar-refractivity contribution in [1.82, 2.24) is 9.88 Å². The van der Waals surface area contributed by atoms with Crippen molar-refractivity contribution >= 4 is 0 Å². The highest BCUT2D eigenvalue weighted by Gasteiger charge is 2.15. The molecule has 0 bridgehead atoms. The molecule has 0 saturated heterocycles. The Labute approximate surface area is 158 Å². The van der Waals surface area contributed by atoms with Crippen LogP contribution in [-0.4, -0.2) is 31.2 Å². The van der Waals surface area contributed by atoms with E-state index in [9.17, 15) is 4.39 Å². The van der Waals surface area contributed by atoms with Gasteiger partial charge in [0.1, 0.15) is 11.5 Å². The number of hydrogen-bond donors (Lipinski definition) is 0. The Balaban J connectivity index is 1.74. The maximum atomic E-state index is 13.6. The van der Waals surface area contributed by atoms with Gasteiger partial charge in [0, 0.05) is 18.7 Å². The van der Waals surface area contributed by atoms with E-state index in [1.54, 1.807) is 19.2 Å². The van der Waals surface area contributed by atoms with Crippen LogP contribution in [0.2, 0.25) is 0 Å². The highest BCUT2D eigenvalue weighted by atomic mass is 19.1. The second-order valence-corrected chi connectivity index (χ2v) is 6.40. The van der Waals surface area contributed by atoms with Gasteiger partial charge in [0.15, 0.2) is 11.6 Å². The van der Waals surface area contributed by atoms with Gasteiger partial charge in [-0.3, -0.25) is 4.90 Å². The lowest BCUT2D eigenvalue weighted by Gasteiger charge is -2.16. The van der Waals surface area contributed by atoms with Gasteiger partial charge in [0.05, 0.1) is 19.9 Å². The number of rotatable bonds is 7. The molecular weight excluding hydrogens is 347 g/mol. The SMILES string of the molecule is COc1cccc(CN(C)Cc2nc(-c3ccc(F)c(OC)c3)oc2C)c1. The van der Waals surface area contributed by atoms with E-state index >= 15 is 0 Å². The maximum Gasteiger partial charge on any atom is 0.226 e. The average molecular weight is 370 g/mol. The van der Waals surface area contributed by atoms with Crippen LogP contribution in [0.4, 0.5) is 4.39 Å². The number of aryl methyl sites for hydroxylation is 1. The van der Waals surface area contributed by atoms with Crippen LogP contribution in [0.5, 0.6) is 11.5 Å². The molecule has 27 heavy (non-hydrogen) atoms. The fourth-order valence-electron chi connectivity index (χ4n) is 2.89. The lowest BCUT2D eigenvalue weighted by molar-refractivity contribution is 0.312. The zero-order valence-electron chi connectivity index (χ0n) is 16.0. The number of oxazole rings is 1. The number of hydrogen-bond acceptors (Lipinski definition) is 5. The van der Waals surface area contributed by atoms with Crippen molar-refractivity contribution < 1.29 is 18.3 Å². The molecule has 0 atom stereocenters. The summed E-state index contributed by atoms with van der Waals surface area (Å²) in [6.45, 7) is 3.26. The van der Waals surface area contributed by atoms with Crippen LogP contribution in [0.1, 0.15) is 17.0 Å². The Bertz CT molecular complexity index is 924. The van der Waals surface area contributed by atoms with E-state index in [4.69, 9.17) is 13.9 Å². The zero-order chi connectivity index (χ0) is 19.4. The largest absolute Gasteiger partial charge is 0.497 e. The van der Waals surface area contributed by atoms with Crippen molar-refractivity contribution in [3.05, 3.63) is 65.3 Å². The Morgan fingerprint density at radius 3 is 2.63 bits per heavy atom. The molecular formula is C21H23FN2O3. The van der Waals surface area contributed by atoms with Gasteiger partial charge in [-0.25, -0.2) is 9.37 Å². The molecule has 1 heterocycles. The second-order valence-electron chi connectivity index (χ2n) is 6.40. The van der Waals surface area contributed by atoms with Crippen LogP contribution in [-0.2, 0) is 13.1 Å². The minimum Gasteiger partial charge on any atom is -0.497 e. The Morgan fingerprint density at radius 2 is 1.89 bits per heavy atom. The summed E-state index contributed by atoms with van der Waals surface area (Å²) in [5.74, 6) is 1.79. The van der Waals surface area contributed by atoms with Crippen LogP contribution in [0.3, 0.4) is 0 Å². The summed E-state index contributed by atoms with van der Waals surface area (Å²) in [7, 11) is 5.11. The molecule has 2 aromatic carbocycles. The van der Waals surface area contributed by atoms with Gasteiger partial charge in [-0.1, -0.05) is 12.1 Å². The van der Waals surface area contributed by atoms with Gasteiger partial charge in [-0.15, -0.1) is 0 Å². The number of ether oxygens (including phenoxy) is 2. The first-order chi connectivity index (χ1) is 13.0. The van der Waals surface area contributed by atoms with E-state index in [1.807, 2.05) is 32.2 Å². The quantitative estimate of drug-likeness (QED) is 0.615. The minimum absolute atomic E-state index is 0.167. The normalized spacial score (nSPS) is 11.0. The molecule has 3 rings (SSSR count). The van der Waals surface area contributed by atoms with Crippen molar-refractivity contribution in [2.45, 2.75) is 20.0 Å². The topological polar surface area (TPSA) is 47.7 Å². The molecule has 1 aromatic heterocycles. The number of halogens is 1. The molecule has 142 valence electrons. The smallest absolute Gasteiger partial charge is 0.226 e. The summed E-state index contributed by atoms with van der Waals surface area (Å²) < 4.78 is 29.7. The molecule has 0 N–H and O–H groups in total. The molecule has 0 radical (unpaired) electrons. The van der Waals surface area contributed by atoms with Crippen molar-refractivity contribution in [2.24, 2.45) is 0 Å². The first-order valence-corrected chi connectivity index (χ1v) is 8.62. The van der Waals surface area contributed by atoms with E-state index in [2.05, 4.69) is 16.0 Å². The maximum absolute atomic E-state index is 13.6. The van der Waals surface area contributed by atoms with Gasteiger partial charge in [0.25, 0.3) is 0 Å². The third-order valence-corrected chi connectivity index (χ3v) is 4.30. The third-order valence-electron chi connectivity index (χ3n) is 4.30. The summed E-state index contributed by atoms with van der Waals surface area (Å²) in [6.07, 6.45) is 0. The summed E-state index contributed by atoms with van der Waals surface area (Å²) in [5.41, 5.74) is 2.68. The molecule has 0 aliphatic heterocycles. The summed E-state index contributed by atoms with van der Waals surface area (Å²) >= 11 is 0. The van der Waals surface area contributed by atoms with Crippen LogP contribution in [0.25, 0.3) is 11.5 Å². The van der Waals surface area contributed by atoms with Gasteiger partial charge >= 0.3 is 0 Å². The molecule has 6 heteroatoms. The molecule has 0 unspecified atom stereocenters. The van der Waals surface area contributed by atoms with Crippen LogP contribution in [0, 0.1) is 12.7 Å². The molecule has 0 amide bonds. The van der Waals surface area contributed by atoms with Gasteiger partial charge in [-0.05, 0) is 49.9 Å². The number of aromatic nitrogens is 1. The van der Waals surface area contributed by atoms with Crippen molar-refractivity contribution in [3.63, 3.8) is 0 Å². The molecule has 0 aliphatic rings. The predicted molar refractivity (Wildman–Crippen MR) is 101 cm³/mol. The Kier molecular flexibility index (Phi) is 5.76. The second kappa shape index (κ2) is 8.22. The number of benzene rings is 2. The first-order valence-electron chi connectivity index (χ1n) is 8.62. The molecule has 0 aliphatic carbocycles. The number of nitrogens with zero attached hydrogens (tertiary/aromatic N) is 2. The summed E-state index contributed by atoms with van der Waals surface area (Å²) in [6, 6.07) is 12.5. The van der Waals surface area contributed by atoms with Crippen molar-refractivity contribution in [2.75, 3.05) is 21.3 Å². The van der Waals surface area contributed by atoms with Gasteiger partial charge in [0.2, 0.25) is 5.89 Å². The van der Waals surface area contributed by atoms with Crippen molar-refractivity contribution in [3.8, 4) is 23.0 Å². The lowest BCUT2D eigenvalue weighted by Crippen LogP contribution is -2.18. The van der Waals surface area contributed by atoms with Crippen LogP contribution < -0.4 is 9.47 Å². The Hall–Kier alpha value is -2.86. The van der Waals surface area contributed by atoms with Gasteiger partial charge in [-0.2, -0.15) is 0 Å². The summed E-state index contributed by atoms with van der Waals surface area (Å²) in [4.78, 5) is 6.74. The van der Waals surface area contributed by atoms with E-state index in [1.165, 1.54) is 13.2 Å². The molecule has 0 saturated carbocycles. The zero-order valence-corrected chi connectivity index (χ0v) is 16.0. The van der Waals surface area contributed by atoms with Gasteiger partial charge < -0.3 is 13.9 Å². The Morgan fingerprint density at radius 1 is 1.07 bits per heavy atom. The fraction of sp³-hybridized carbons (Fsp3) is 0.286. The predicted octanol–water partition coefficient (Wildman–Crippen LogP) is 4.44. The van der Waals surface area contributed by atoms with Crippen molar-refractivity contribution in [1.29, 1.82) is 0 Å². The standard InChI is InChI=1S/C21H23FN2O3/c1-14-19(13-24(2)12-15-6-5-7-17(10-15)25-3)23-21(27-14)16-8-9-18(22)20(11-16)26-4/h5-11H,12-13H2,1-4H3. The molecule has 0 spiro atoms.